The number of nitrogens with one attached hydrogen (secondary N) is 1. The number of nitrogens with zero attached hydrogens (tertiary/aromatic N) is 2. The van der Waals surface area contributed by atoms with E-state index in [1.165, 1.54) is 47.4 Å². The average Bonchev–Trinajstić information content (AvgIpc) is 2.91. The standard InChI is InChI=1S/C19H16FN3O4S/c1-23-17(25)15(28-19(23)22-13-7-5-12(20)6-8-13)10-16(24)21-14-4-2-3-11(9-14)18(26)27/h2-9,15H,10H2,1H3,(H,21,24)(H,26,27)/p-1/t15-/m0/s1. The summed E-state index contributed by atoms with van der Waals surface area (Å²) in [5.74, 6) is -2.44. The number of hydrogen-bond acceptors (Lipinski definition) is 6. The Bertz CT molecular complexity index is 962. The Morgan fingerprint density at radius 2 is 1.96 bits per heavy atom. The molecular weight excluding hydrogens is 385 g/mol. The summed E-state index contributed by atoms with van der Waals surface area (Å²) in [6, 6.07) is 11.2. The maximum absolute atomic E-state index is 13.0. The van der Waals surface area contributed by atoms with Gasteiger partial charge in [-0.05, 0) is 42.0 Å². The van der Waals surface area contributed by atoms with Gasteiger partial charge in [-0.1, -0.05) is 23.9 Å². The number of rotatable bonds is 5. The van der Waals surface area contributed by atoms with Gasteiger partial charge in [0.1, 0.15) is 11.1 Å². The maximum Gasteiger partial charge on any atom is 0.242 e. The van der Waals surface area contributed by atoms with Crippen LogP contribution in [-0.2, 0) is 9.59 Å². The van der Waals surface area contributed by atoms with Gasteiger partial charge in [-0.25, -0.2) is 9.38 Å². The Morgan fingerprint density at radius 1 is 1.25 bits per heavy atom. The molecule has 1 heterocycles. The summed E-state index contributed by atoms with van der Waals surface area (Å²) >= 11 is 1.14. The van der Waals surface area contributed by atoms with E-state index in [0.29, 0.717) is 16.5 Å². The molecule has 0 radical (unpaired) electrons. The van der Waals surface area contributed by atoms with Crippen LogP contribution in [0.1, 0.15) is 16.8 Å². The Kier molecular flexibility index (Phi) is 5.74. The van der Waals surface area contributed by atoms with Crippen LogP contribution in [0.5, 0.6) is 0 Å². The molecule has 1 saturated heterocycles. The highest BCUT2D eigenvalue weighted by atomic mass is 32.2. The van der Waals surface area contributed by atoms with E-state index >= 15 is 0 Å². The van der Waals surface area contributed by atoms with Gasteiger partial charge in [0, 0.05) is 19.2 Å². The Labute approximate surface area is 164 Å². The van der Waals surface area contributed by atoms with Crippen LogP contribution in [0.2, 0.25) is 0 Å². The number of amides is 2. The monoisotopic (exact) mass is 400 g/mol. The molecule has 3 rings (SSSR count). The molecule has 1 aliphatic rings. The zero-order chi connectivity index (χ0) is 20.3. The van der Waals surface area contributed by atoms with Crippen molar-refractivity contribution in [1.29, 1.82) is 0 Å². The number of aromatic carboxylic acids is 1. The number of carboxylic acid groups (broad SMARTS) is 1. The predicted octanol–water partition coefficient (Wildman–Crippen LogP) is 1.78. The zero-order valence-corrected chi connectivity index (χ0v) is 15.5. The third kappa shape index (κ3) is 4.55. The number of anilines is 1. The van der Waals surface area contributed by atoms with Crippen LogP contribution < -0.4 is 10.4 Å². The number of amidine groups is 1. The third-order valence-electron chi connectivity index (χ3n) is 3.94. The third-order valence-corrected chi connectivity index (χ3v) is 5.17. The van der Waals surface area contributed by atoms with Crippen LogP contribution in [0.25, 0.3) is 0 Å². The van der Waals surface area contributed by atoms with Gasteiger partial charge in [0.25, 0.3) is 0 Å². The quantitative estimate of drug-likeness (QED) is 0.824. The lowest BCUT2D eigenvalue weighted by Crippen LogP contribution is -2.30. The van der Waals surface area contributed by atoms with Gasteiger partial charge in [0.05, 0.1) is 11.7 Å². The average molecular weight is 400 g/mol. The minimum absolute atomic E-state index is 0.0578. The summed E-state index contributed by atoms with van der Waals surface area (Å²) in [5, 5.41) is 13.2. The lowest BCUT2D eigenvalue weighted by atomic mass is 10.2. The van der Waals surface area contributed by atoms with Crippen LogP contribution in [0, 0.1) is 5.82 Å². The van der Waals surface area contributed by atoms with E-state index in [-0.39, 0.29) is 23.7 Å². The Morgan fingerprint density at radius 3 is 2.64 bits per heavy atom. The molecule has 0 saturated carbocycles. The van der Waals surface area contributed by atoms with E-state index in [2.05, 4.69) is 10.3 Å². The second kappa shape index (κ2) is 8.22. The number of carbonyl (C=O) groups excluding carboxylic acids is 3. The van der Waals surface area contributed by atoms with Gasteiger partial charge >= 0.3 is 0 Å². The smallest absolute Gasteiger partial charge is 0.242 e. The second-order valence-electron chi connectivity index (χ2n) is 6.00. The molecule has 0 bridgehead atoms. The fraction of sp³-hybridized carbons (Fsp3) is 0.158. The Hall–Kier alpha value is -3.20. The number of aliphatic imine (C=N–C) groups is 1. The van der Waals surface area contributed by atoms with Gasteiger partial charge in [-0.15, -0.1) is 0 Å². The van der Waals surface area contributed by atoms with Crippen LogP contribution in [-0.4, -0.2) is 40.1 Å². The second-order valence-corrected chi connectivity index (χ2v) is 7.16. The lowest BCUT2D eigenvalue weighted by Gasteiger charge is -2.10. The minimum atomic E-state index is -1.35. The van der Waals surface area contributed by atoms with Crippen molar-refractivity contribution in [2.24, 2.45) is 4.99 Å². The molecule has 1 N–H and O–H groups in total. The minimum Gasteiger partial charge on any atom is -0.545 e. The molecule has 2 aromatic carbocycles. The highest BCUT2D eigenvalue weighted by Gasteiger charge is 2.37. The van der Waals surface area contributed by atoms with E-state index in [0.717, 1.165) is 11.8 Å². The van der Waals surface area contributed by atoms with E-state index in [4.69, 9.17) is 0 Å². The van der Waals surface area contributed by atoms with Crippen LogP contribution >= 0.6 is 11.8 Å². The topological polar surface area (TPSA) is 102 Å². The highest BCUT2D eigenvalue weighted by Crippen LogP contribution is 2.30. The number of hydrogen-bond donors (Lipinski definition) is 1. The van der Waals surface area contributed by atoms with Gasteiger partial charge in [-0.2, -0.15) is 0 Å². The highest BCUT2D eigenvalue weighted by molar-refractivity contribution is 8.15. The molecule has 9 heteroatoms. The molecule has 0 unspecified atom stereocenters. The first-order valence-electron chi connectivity index (χ1n) is 8.23. The molecule has 144 valence electrons. The first kappa shape index (κ1) is 19.6. The molecular formula is C19H15FN3O4S-. The Balaban J connectivity index is 1.66. The van der Waals surface area contributed by atoms with E-state index in [9.17, 15) is 23.9 Å². The molecule has 1 aliphatic heterocycles. The van der Waals surface area contributed by atoms with Crippen molar-refractivity contribution in [1.82, 2.24) is 4.90 Å². The van der Waals surface area contributed by atoms with Gasteiger partial charge in [-0.3, -0.25) is 14.5 Å². The summed E-state index contributed by atoms with van der Waals surface area (Å²) < 4.78 is 13.0. The molecule has 1 atom stereocenters. The van der Waals surface area contributed by atoms with Crippen molar-refractivity contribution in [2.75, 3.05) is 12.4 Å². The number of carbonyl (C=O) groups is 3. The van der Waals surface area contributed by atoms with Crippen molar-refractivity contribution in [3.8, 4) is 0 Å². The van der Waals surface area contributed by atoms with Crippen LogP contribution in [0.3, 0.4) is 0 Å². The molecule has 0 spiro atoms. The first-order valence-corrected chi connectivity index (χ1v) is 9.11. The normalized spacial score (nSPS) is 17.8. The molecule has 28 heavy (non-hydrogen) atoms. The number of benzene rings is 2. The maximum atomic E-state index is 13.0. The number of halogens is 1. The molecule has 2 aromatic rings. The fourth-order valence-corrected chi connectivity index (χ4v) is 3.68. The van der Waals surface area contributed by atoms with Gasteiger partial charge < -0.3 is 15.2 Å². The van der Waals surface area contributed by atoms with Crippen molar-refractivity contribution in [3.05, 3.63) is 59.9 Å². The summed E-state index contributed by atoms with van der Waals surface area (Å²) in [7, 11) is 1.55. The summed E-state index contributed by atoms with van der Waals surface area (Å²) in [6.45, 7) is 0. The van der Waals surface area contributed by atoms with Crippen molar-refractivity contribution in [2.45, 2.75) is 11.7 Å². The molecule has 0 aliphatic carbocycles. The zero-order valence-electron chi connectivity index (χ0n) is 14.7. The van der Waals surface area contributed by atoms with Gasteiger partial charge in [0.2, 0.25) is 11.8 Å². The summed E-state index contributed by atoms with van der Waals surface area (Å²) in [6.07, 6.45) is -0.105. The molecule has 2 amide bonds. The lowest BCUT2D eigenvalue weighted by molar-refractivity contribution is -0.255. The van der Waals surface area contributed by atoms with Crippen molar-refractivity contribution >= 4 is 46.1 Å². The largest absolute Gasteiger partial charge is 0.545 e. The summed E-state index contributed by atoms with van der Waals surface area (Å²) in [4.78, 5) is 41.2. The van der Waals surface area contributed by atoms with E-state index in [1.54, 1.807) is 13.1 Å². The van der Waals surface area contributed by atoms with Crippen LogP contribution in [0.4, 0.5) is 15.8 Å². The molecule has 7 nitrogen and oxygen atoms in total. The van der Waals surface area contributed by atoms with Gasteiger partial charge in [0.15, 0.2) is 5.17 Å². The number of thioether (sulfide) groups is 1. The first-order chi connectivity index (χ1) is 13.3. The van der Waals surface area contributed by atoms with Crippen LogP contribution in [0.15, 0.2) is 53.5 Å². The summed E-state index contributed by atoms with van der Waals surface area (Å²) in [5.41, 5.74) is 0.737. The predicted molar refractivity (Wildman–Crippen MR) is 102 cm³/mol. The van der Waals surface area contributed by atoms with E-state index < -0.39 is 17.1 Å². The van der Waals surface area contributed by atoms with Crippen molar-refractivity contribution in [3.63, 3.8) is 0 Å². The van der Waals surface area contributed by atoms with Crippen molar-refractivity contribution < 1.29 is 23.9 Å². The SMILES string of the molecule is CN1C(=O)[C@H](CC(=O)Nc2cccc(C(=O)[O-])c2)SC1=Nc1ccc(F)cc1. The molecule has 1 fully saturated rings. The fourth-order valence-electron chi connectivity index (χ4n) is 2.53. The molecule has 0 aromatic heterocycles. The number of carboxylic acids is 1. The van der Waals surface area contributed by atoms with E-state index in [1.807, 2.05) is 0 Å².